The van der Waals surface area contributed by atoms with E-state index < -0.39 is 0 Å². The Balaban J connectivity index is 1.41. The van der Waals surface area contributed by atoms with Gasteiger partial charge in [0.15, 0.2) is 0 Å². The summed E-state index contributed by atoms with van der Waals surface area (Å²) in [6.07, 6.45) is 7.47. The SMILES string of the molecule is C=CC(=O)N1CCC[C@@H](n2c(NC(=O)c3ccc(-c4cncc(NC)c4)s3)nc3ccccc32)CC1. The van der Waals surface area contributed by atoms with Gasteiger partial charge in [-0.05, 0) is 55.7 Å². The van der Waals surface area contributed by atoms with E-state index in [-0.39, 0.29) is 17.9 Å². The first-order valence-corrected chi connectivity index (χ1v) is 12.8. The number of likely N-dealkylation sites (tertiary alicyclic amines) is 1. The minimum atomic E-state index is -0.197. The second-order valence-electron chi connectivity index (χ2n) is 8.74. The second-order valence-corrected chi connectivity index (χ2v) is 9.82. The fourth-order valence-electron chi connectivity index (χ4n) is 4.68. The maximum Gasteiger partial charge on any atom is 0.268 e. The van der Waals surface area contributed by atoms with Gasteiger partial charge in [-0.2, -0.15) is 0 Å². The molecular weight excluding hydrogens is 472 g/mol. The van der Waals surface area contributed by atoms with Gasteiger partial charge in [0.1, 0.15) is 0 Å². The lowest BCUT2D eigenvalue weighted by atomic mass is 10.1. The monoisotopic (exact) mass is 500 g/mol. The van der Waals surface area contributed by atoms with Crippen LogP contribution in [0, 0.1) is 0 Å². The van der Waals surface area contributed by atoms with Gasteiger partial charge in [0.05, 0.1) is 21.6 Å². The molecule has 3 aromatic heterocycles. The van der Waals surface area contributed by atoms with Crippen molar-refractivity contribution in [1.29, 1.82) is 0 Å². The molecule has 0 radical (unpaired) electrons. The average molecular weight is 501 g/mol. The van der Waals surface area contributed by atoms with Gasteiger partial charge < -0.3 is 14.8 Å². The van der Waals surface area contributed by atoms with Gasteiger partial charge in [-0.15, -0.1) is 11.3 Å². The first-order valence-electron chi connectivity index (χ1n) is 12.0. The lowest BCUT2D eigenvalue weighted by Crippen LogP contribution is -2.30. The molecule has 184 valence electrons. The minimum absolute atomic E-state index is 0.0383. The quantitative estimate of drug-likeness (QED) is 0.355. The predicted molar refractivity (Wildman–Crippen MR) is 144 cm³/mol. The Labute approximate surface area is 213 Å². The summed E-state index contributed by atoms with van der Waals surface area (Å²) in [6, 6.07) is 13.8. The molecule has 0 saturated carbocycles. The highest BCUT2D eigenvalue weighted by atomic mass is 32.1. The van der Waals surface area contributed by atoms with Crippen molar-refractivity contribution in [2.45, 2.75) is 25.3 Å². The maximum absolute atomic E-state index is 13.3. The van der Waals surface area contributed by atoms with Crippen LogP contribution in [0.25, 0.3) is 21.5 Å². The van der Waals surface area contributed by atoms with E-state index in [1.807, 2.05) is 54.4 Å². The molecule has 1 aliphatic rings. The summed E-state index contributed by atoms with van der Waals surface area (Å²) in [6.45, 7) is 4.97. The van der Waals surface area contributed by atoms with Crippen molar-refractivity contribution < 1.29 is 9.59 Å². The number of pyridine rings is 1. The second kappa shape index (κ2) is 10.3. The summed E-state index contributed by atoms with van der Waals surface area (Å²) in [5, 5.41) is 6.16. The van der Waals surface area contributed by atoms with E-state index in [4.69, 9.17) is 4.98 Å². The number of para-hydroxylation sites is 2. The number of benzene rings is 1. The van der Waals surface area contributed by atoms with E-state index in [1.165, 1.54) is 17.4 Å². The molecule has 9 heteroatoms. The topological polar surface area (TPSA) is 92.2 Å². The molecule has 0 bridgehead atoms. The smallest absolute Gasteiger partial charge is 0.268 e. The number of thiophene rings is 1. The fraction of sp³-hybridized carbons (Fsp3) is 0.259. The summed E-state index contributed by atoms with van der Waals surface area (Å²) in [4.78, 5) is 37.9. The third-order valence-electron chi connectivity index (χ3n) is 6.51. The fourth-order valence-corrected chi connectivity index (χ4v) is 5.56. The van der Waals surface area contributed by atoms with Crippen molar-refractivity contribution in [2.75, 3.05) is 30.8 Å². The van der Waals surface area contributed by atoms with E-state index in [1.54, 1.807) is 12.4 Å². The van der Waals surface area contributed by atoms with Crippen molar-refractivity contribution in [2.24, 2.45) is 0 Å². The van der Waals surface area contributed by atoms with Crippen LogP contribution < -0.4 is 10.6 Å². The van der Waals surface area contributed by atoms with Crippen molar-refractivity contribution in [3.63, 3.8) is 0 Å². The first kappa shape index (κ1) is 23.7. The highest BCUT2D eigenvalue weighted by Gasteiger charge is 2.25. The number of hydrogen-bond acceptors (Lipinski definition) is 6. The Hall–Kier alpha value is -3.98. The Kier molecular flexibility index (Phi) is 6.81. The van der Waals surface area contributed by atoms with Gasteiger partial charge >= 0.3 is 0 Å². The highest BCUT2D eigenvalue weighted by Crippen LogP contribution is 2.33. The number of nitrogens with zero attached hydrogens (tertiary/aromatic N) is 4. The average Bonchev–Trinajstić information content (AvgIpc) is 3.47. The highest BCUT2D eigenvalue weighted by molar-refractivity contribution is 7.17. The largest absolute Gasteiger partial charge is 0.387 e. The number of hydrogen-bond donors (Lipinski definition) is 2. The van der Waals surface area contributed by atoms with Crippen LogP contribution in [0.4, 0.5) is 11.6 Å². The van der Waals surface area contributed by atoms with Gasteiger partial charge in [0, 0.05) is 49.0 Å². The molecule has 1 fully saturated rings. The van der Waals surface area contributed by atoms with E-state index in [2.05, 4.69) is 26.8 Å². The van der Waals surface area contributed by atoms with Gasteiger partial charge in [-0.3, -0.25) is 19.9 Å². The molecule has 8 nitrogen and oxygen atoms in total. The van der Waals surface area contributed by atoms with Gasteiger partial charge in [-0.1, -0.05) is 18.7 Å². The molecule has 0 unspecified atom stereocenters. The van der Waals surface area contributed by atoms with Crippen LogP contribution in [0.2, 0.25) is 0 Å². The molecule has 1 aromatic carbocycles. The molecular formula is C27H28N6O2S. The van der Waals surface area contributed by atoms with Crippen LogP contribution >= 0.6 is 11.3 Å². The lowest BCUT2D eigenvalue weighted by molar-refractivity contribution is -0.125. The van der Waals surface area contributed by atoms with Crippen molar-refractivity contribution in [3.8, 4) is 10.4 Å². The molecule has 2 amide bonds. The van der Waals surface area contributed by atoms with E-state index in [0.29, 0.717) is 23.9 Å². The van der Waals surface area contributed by atoms with Crippen LogP contribution in [0.3, 0.4) is 0 Å². The number of imidazole rings is 1. The van der Waals surface area contributed by atoms with Crippen LogP contribution in [0.15, 0.2) is 67.5 Å². The number of fused-ring (bicyclic) bond motifs is 1. The zero-order chi connectivity index (χ0) is 25.1. The van der Waals surface area contributed by atoms with Crippen LogP contribution in [-0.2, 0) is 4.79 Å². The number of rotatable bonds is 6. The molecule has 0 aliphatic carbocycles. The number of aromatic nitrogens is 3. The van der Waals surface area contributed by atoms with Crippen molar-refractivity contribution >= 4 is 45.8 Å². The van der Waals surface area contributed by atoms with Crippen molar-refractivity contribution in [1.82, 2.24) is 19.4 Å². The van der Waals surface area contributed by atoms with Gasteiger partial charge in [-0.25, -0.2) is 4.98 Å². The molecule has 5 rings (SSSR count). The summed E-state index contributed by atoms with van der Waals surface area (Å²) in [5.41, 5.74) is 3.67. The number of nitrogens with one attached hydrogen (secondary N) is 2. The number of carbonyl (C=O) groups excluding carboxylic acids is 2. The standard InChI is InChI=1S/C27H28N6O2S/c1-3-25(34)32-13-6-7-20(12-14-32)33-22-9-5-4-8-21(22)30-27(33)31-26(35)24-11-10-23(36-24)18-15-19(28-2)17-29-16-18/h3-5,8-11,15-17,20,28H,1,6-7,12-14H2,2H3,(H,30,31,35)/t20-/m1/s1. The van der Waals surface area contributed by atoms with E-state index >= 15 is 0 Å². The molecule has 1 saturated heterocycles. The summed E-state index contributed by atoms with van der Waals surface area (Å²) < 4.78 is 2.13. The zero-order valence-corrected chi connectivity index (χ0v) is 20.9. The summed E-state index contributed by atoms with van der Waals surface area (Å²) in [5.74, 6) is 0.296. The van der Waals surface area contributed by atoms with E-state index in [0.717, 1.165) is 46.4 Å². The van der Waals surface area contributed by atoms with Crippen LogP contribution in [0.5, 0.6) is 0 Å². The van der Waals surface area contributed by atoms with Crippen LogP contribution in [-0.4, -0.2) is 51.4 Å². The first-order chi connectivity index (χ1) is 17.6. The maximum atomic E-state index is 13.3. The molecule has 1 atom stereocenters. The summed E-state index contributed by atoms with van der Waals surface area (Å²) >= 11 is 1.42. The minimum Gasteiger partial charge on any atom is -0.387 e. The Morgan fingerprint density at radius 3 is 2.83 bits per heavy atom. The molecule has 4 aromatic rings. The number of anilines is 2. The number of amides is 2. The molecule has 4 heterocycles. The van der Waals surface area contributed by atoms with Gasteiger partial charge in [0.25, 0.3) is 5.91 Å². The molecule has 0 spiro atoms. The van der Waals surface area contributed by atoms with Gasteiger partial charge in [0.2, 0.25) is 11.9 Å². The summed E-state index contributed by atoms with van der Waals surface area (Å²) in [7, 11) is 1.85. The Morgan fingerprint density at radius 2 is 2.00 bits per heavy atom. The molecule has 2 N–H and O–H groups in total. The molecule has 1 aliphatic heterocycles. The third kappa shape index (κ3) is 4.74. The normalized spacial score (nSPS) is 15.9. The van der Waals surface area contributed by atoms with Crippen LogP contribution in [0.1, 0.15) is 35.0 Å². The zero-order valence-electron chi connectivity index (χ0n) is 20.1. The van der Waals surface area contributed by atoms with E-state index in [9.17, 15) is 9.59 Å². The Bertz CT molecular complexity index is 1420. The number of carbonyl (C=O) groups is 2. The predicted octanol–water partition coefficient (Wildman–Crippen LogP) is 5.19. The lowest BCUT2D eigenvalue weighted by Gasteiger charge is -2.21. The molecule has 36 heavy (non-hydrogen) atoms. The Morgan fingerprint density at radius 1 is 1.14 bits per heavy atom. The van der Waals surface area contributed by atoms with Crippen molar-refractivity contribution in [3.05, 3.63) is 72.4 Å². The third-order valence-corrected chi connectivity index (χ3v) is 7.64.